The van der Waals surface area contributed by atoms with Gasteiger partial charge in [-0.25, -0.2) is 4.79 Å². The monoisotopic (exact) mass is 353 g/mol. The number of hydrogen-bond donors (Lipinski definition) is 0. The molecule has 1 unspecified atom stereocenters. The van der Waals surface area contributed by atoms with E-state index in [1.807, 2.05) is 48.5 Å². The van der Waals surface area contributed by atoms with Crippen LogP contribution in [0.5, 0.6) is 0 Å². The summed E-state index contributed by atoms with van der Waals surface area (Å²) in [6.07, 6.45) is 1.67. The summed E-state index contributed by atoms with van der Waals surface area (Å²) in [5.41, 5.74) is 2.30. The molecule has 5 nitrogen and oxygen atoms in total. The number of rotatable bonds is 5. The van der Waals surface area contributed by atoms with Crippen molar-refractivity contribution in [2.24, 2.45) is 5.92 Å². The lowest BCUT2D eigenvalue weighted by atomic mass is 9.97. The van der Waals surface area contributed by atoms with Crippen LogP contribution in [0.25, 0.3) is 0 Å². The first-order valence-corrected chi connectivity index (χ1v) is 8.82. The third-order valence-electron chi connectivity index (χ3n) is 4.63. The second-order valence-electron chi connectivity index (χ2n) is 6.39. The van der Waals surface area contributed by atoms with E-state index in [1.54, 1.807) is 6.07 Å². The summed E-state index contributed by atoms with van der Waals surface area (Å²) >= 11 is 0. The maximum absolute atomic E-state index is 12.5. The minimum Gasteiger partial charge on any atom is -0.465 e. The summed E-state index contributed by atoms with van der Waals surface area (Å²) in [6.45, 7) is 1.63. The first-order valence-electron chi connectivity index (χ1n) is 8.82. The van der Waals surface area contributed by atoms with Crippen LogP contribution in [0, 0.1) is 5.92 Å². The van der Waals surface area contributed by atoms with Crippen molar-refractivity contribution in [3.8, 4) is 0 Å². The molecule has 0 N–H and O–H groups in total. The second kappa shape index (κ2) is 8.52. The van der Waals surface area contributed by atoms with E-state index in [-0.39, 0.29) is 24.5 Å². The maximum Gasteiger partial charge on any atom is 0.339 e. The Morgan fingerprint density at radius 1 is 1.08 bits per heavy atom. The highest BCUT2D eigenvalue weighted by atomic mass is 16.5. The number of para-hydroxylation sites is 1. The van der Waals surface area contributed by atoms with Gasteiger partial charge in [-0.3, -0.25) is 4.79 Å². The van der Waals surface area contributed by atoms with E-state index in [0.717, 1.165) is 30.6 Å². The molecule has 1 atom stereocenters. The summed E-state index contributed by atoms with van der Waals surface area (Å²) in [5, 5.41) is 0. The molecule has 26 heavy (non-hydrogen) atoms. The van der Waals surface area contributed by atoms with Gasteiger partial charge in [0.2, 0.25) is 0 Å². The number of benzene rings is 2. The number of methoxy groups -OCH3 is 1. The Morgan fingerprint density at radius 3 is 2.58 bits per heavy atom. The highest BCUT2D eigenvalue weighted by Crippen LogP contribution is 2.27. The molecule has 3 rings (SSSR count). The highest BCUT2D eigenvalue weighted by molar-refractivity contribution is 5.96. The number of anilines is 1. The molecule has 0 aromatic heterocycles. The zero-order chi connectivity index (χ0) is 18.4. The Kier molecular flexibility index (Phi) is 5.89. The molecule has 2 aromatic carbocycles. The fourth-order valence-corrected chi connectivity index (χ4v) is 3.27. The largest absolute Gasteiger partial charge is 0.465 e. The van der Waals surface area contributed by atoms with Crippen molar-refractivity contribution in [2.75, 3.05) is 25.1 Å². The van der Waals surface area contributed by atoms with E-state index in [1.165, 1.54) is 7.11 Å². The molecule has 1 aliphatic heterocycles. The molecule has 1 saturated heterocycles. The van der Waals surface area contributed by atoms with Crippen molar-refractivity contribution in [1.82, 2.24) is 0 Å². The molecule has 1 fully saturated rings. The van der Waals surface area contributed by atoms with Gasteiger partial charge in [0.1, 0.15) is 6.61 Å². The molecule has 5 heteroatoms. The van der Waals surface area contributed by atoms with Gasteiger partial charge in [0.15, 0.2) is 0 Å². The Labute approximate surface area is 153 Å². The van der Waals surface area contributed by atoms with Gasteiger partial charge in [-0.1, -0.05) is 42.5 Å². The number of carbonyl (C=O) groups excluding carboxylic acids is 2. The quantitative estimate of drug-likeness (QED) is 0.771. The van der Waals surface area contributed by atoms with Crippen LogP contribution < -0.4 is 4.90 Å². The van der Waals surface area contributed by atoms with Gasteiger partial charge in [-0.15, -0.1) is 0 Å². The Balaban J connectivity index is 1.66. The van der Waals surface area contributed by atoms with Crippen LogP contribution in [0.1, 0.15) is 28.8 Å². The first kappa shape index (κ1) is 18.0. The number of piperidine rings is 1. The van der Waals surface area contributed by atoms with Crippen LogP contribution >= 0.6 is 0 Å². The lowest BCUT2D eigenvalue weighted by molar-refractivity contribution is -0.150. The van der Waals surface area contributed by atoms with Crippen LogP contribution in [0.15, 0.2) is 54.6 Å². The SMILES string of the molecule is COC(=O)c1ccccc1N1CCCC(C(=O)OCc2ccccc2)C1. The predicted octanol–water partition coefficient (Wildman–Crippen LogP) is 3.43. The van der Waals surface area contributed by atoms with E-state index >= 15 is 0 Å². The average Bonchev–Trinajstić information content (AvgIpc) is 2.72. The first-order chi connectivity index (χ1) is 12.7. The molecule has 0 aliphatic carbocycles. The molecule has 0 amide bonds. The fraction of sp³-hybridized carbons (Fsp3) is 0.333. The molecule has 2 aromatic rings. The van der Waals surface area contributed by atoms with Gasteiger partial charge in [-0.2, -0.15) is 0 Å². The van der Waals surface area contributed by atoms with E-state index in [9.17, 15) is 9.59 Å². The summed E-state index contributed by atoms with van der Waals surface area (Å²) < 4.78 is 10.4. The fourth-order valence-electron chi connectivity index (χ4n) is 3.27. The maximum atomic E-state index is 12.5. The standard InChI is InChI=1S/C21H23NO4/c1-25-21(24)18-11-5-6-12-19(18)22-13-7-10-17(14-22)20(23)26-15-16-8-3-2-4-9-16/h2-6,8-9,11-12,17H,7,10,13-15H2,1H3. The minimum atomic E-state index is -0.366. The average molecular weight is 353 g/mol. The van der Waals surface area contributed by atoms with Crippen LogP contribution in [0.3, 0.4) is 0 Å². The zero-order valence-corrected chi connectivity index (χ0v) is 14.9. The highest BCUT2D eigenvalue weighted by Gasteiger charge is 2.29. The van der Waals surface area contributed by atoms with Gasteiger partial charge < -0.3 is 14.4 Å². The van der Waals surface area contributed by atoms with E-state index in [4.69, 9.17) is 9.47 Å². The van der Waals surface area contributed by atoms with Crippen molar-refractivity contribution < 1.29 is 19.1 Å². The molecule has 136 valence electrons. The Bertz CT molecular complexity index is 760. The Hall–Kier alpha value is -2.82. The number of esters is 2. The summed E-state index contributed by atoms with van der Waals surface area (Å²) in [6, 6.07) is 17.0. The van der Waals surface area contributed by atoms with Crippen LogP contribution in [0.2, 0.25) is 0 Å². The molecule has 1 aliphatic rings. The topological polar surface area (TPSA) is 55.8 Å². The van der Waals surface area contributed by atoms with E-state index < -0.39 is 0 Å². The number of hydrogen-bond acceptors (Lipinski definition) is 5. The molecule has 0 bridgehead atoms. The lowest BCUT2D eigenvalue weighted by Gasteiger charge is -2.34. The number of ether oxygens (including phenoxy) is 2. The van der Waals surface area contributed by atoms with Gasteiger partial charge in [0.05, 0.1) is 24.3 Å². The molecule has 0 radical (unpaired) electrons. The lowest BCUT2D eigenvalue weighted by Crippen LogP contribution is -2.40. The molecule has 0 saturated carbocycles. The van der Waals surface area contributed by atoms with Gasteiger partial charge in [0.25, 0.3) is 0 Å². The summed E-state index contributed by atoms with van der Waals surface area (Å²) in [5.74, 6) is -0.748. The second-order valence-corrected chi connectivity index (χ2v) is 6.39. The predicted molar refractivity (Wildman–Crippen MR) is 99.0 cm³/mol. The van der Waals surface area contributed by atoms with Crippen LogP contribution in [0.4, 0.5) is 5.69 Å². The smallest absolute Gasteiger partial charge is 0.339 e. The molecule has 1 heterocycles. The third-order valence-corrected chi connectivity index (χ3v) is 4.63. The van der Waals surface area contributed by atoms with Crippen molar-refractivity contribution in [3.05, 3.63) is 65.7 Å². The van der Waals surface area contributed by atoms with Gasteiger partial charge in [-0.05, 0) is 30.5 Å². The van der Waals surface area contributed by atoms with E-state index in [2.05, 4.69) is 4.90 Å². The molecule has 0 spiro atoms. The van der Waals surface area contributed by atoms with Crippen molar-refractivity contribution >= 4 is 17.6 Å². The Morgan fingerprint density at radius 2 is 1.81 bits per heavy atom. The summed E-state index contributed by atoms with van der Waals surface area (Å²) in [7, 11) is 1.37. The third kappa shape index (κ3) is 4.23. The minimum absolute atomic E-state index is 0.186. The summed E-state index contributed by atoms with van der Waals surface area (Å²) in [4.78, 5) is 26.6. The zero-order valence-electron chi connectivity index (χ0n) is 14.9. The van der Waals surface area contributed by atoms with Gasteiger partial charge in [0, 0.05) is 13.1 Å². The van der Waals surface area contributed by atoms with E-state index in [0.29, 0.717) is 12.1 Å². The number of nitrogens with zero attached hydrogens (tertiary/aromatic N) is 1. The van der Waals surface area contributed by atoms with Crippen molar-refractivity contribution in [3.63, 3.8) is 0 Å². The van der Waals surface area contributed by atoms with Crippen LogP contribution in [-0.4, -0.2) is 32.1 Å². The van der Waals surface area contributed by atoms with Crippen LogP contribution in [-0.2, 0) is 20.9 Å². The molecular formula is C21H23NO4. The normalized spacial score (nSPS) is 16.8. The molecular weight excluding hydrogens is 330 g/mol. The van der Waals surface area contributed by atoms with Gasteiger partial charge >= 0.3 is 11.9 Å². The number of carbonyl (C=O) groups is 2. The van der Waals surface area contributed by atoms with Crippen molar-refractivity contribution in [2.45, 2.75) is 19.4 Å². The van der Waals surface area contributed by atoms with Crippen molar-refractivity contribution in [1.29, 1.82) is 0 Å².